The van der Waals surface area contributed by atoms with E-state index in [2.05, 4.69) is 57.0 Å². The van der Waals surface area contributed by atoms with Crippen molar-refractivity contribution in [2.45, 2.75) is 45.4 Å². The highest BCUT2D eigenvalue weighted by Crippen LogP contribution is 2.56. The zero-order valence-corrected chi connectivity index (χ0v) is 19.1. The predicted octanol–water partition coefficient (Wildman–Crippen LogP) is 2.50. The molecule has 0 aliphatic carbocycles. The van der Waals surface area contributed by atoms with Gasteiger partial charge >= 0.3 is 14.2 Å². The van der Waals surface area contributed by atoms with Crippen LogP contribution in [0.4, 0.5) is 0 Å². The molecule has 32 heavy (non-hydrogen) atoms. The highest BCUT2D eigenvalue weighted by atomic mass is 16.4. The minimum absolute atomic E-state index is 0.230. The zero-order chi connectivity index (χ0) is 23.3. The average Bonchev–Trinajstić information content (AvgIpc) is 3.01. The second-order valence-electron chi connectivity index (χ2n) is 10.1. The third-order valence-corrected chi connectivity index (χ3v) is 7.51. The van der Waals surface area contributed by atoms with Crippen molar-refractivity contribution in [3.05, 3.63) is 76.4 Å². The summed E-state index contributed by atoms with van der Waals surface area (Å²) in [6.07, 6.45) is 1.78. The molecule has 0 fully saturated rings. The topological polar surface area (TPSA) is 85.9 Å². The normalized spacial score (nSPS) is 18.2. The third-order valence-electron chi connectivity index (χ3n) is 7.51. The Morgan fingerprint density at radius 2 is 1.59 bits per heavy atom. The smallest absolute Gasteiger partial charge is 0.423 e. The van der Waals surface area contributed by atoms with Crippen molar-refractivity contribution >= 4 is 36.2 Å². The molecule has 0 spiro atoms. The van der Waals surface area contributed by atoms with Crippen LogP contribution in [0.25, 0.3) is 22.2 Å². The fourth-order valence-electron chi connectivity index (χ4n) is 5.65. The molecule has 0 unspecified atom stereocenters. The van der Waals surface area contributed by atoms with Crippen LogP contribution in [-0.4, -0.2) is 38.9 Å². The van der Waals surface area contributed by atoms with Gasteiger partial charge in [-0.25, -0.2) is 0 Å². The predicted molar refractivity (Wildman–Crippen MR) is 130 cm³/mol. The summed E-state index contributed by atoms with van der Waals surface area (Å²) in [6.45, 7) is 14.6. The maximum atomic E-state index is 10.0. The van der Waals surface area contributed by atoms with Crippen LogP contribution < -0.4 is 5.46 Å². The first-order chi connectivity index (χ1) is 14.9. The number of hydrogen-bond donors (Lipinski definition) is 4. The Morgan fingerprint density at radius 3 is 2.19 bits per heavy atom. The van der Waals surface area contributed by atoms with E-state index in [9.17, 15) is 20.1 Å². The minimum atomic E-state index is -1.64. The van der Waals surface area contributed by atoms with Crippen LogP contribution in [0, 0.1) is 6.92 Å². The minimum Gasteiger partial charge on any atom is -0.423 e. The molecule has 5 rings (SSSR count). The summed E-state index contributed by atoms with van der Waals surface area (Å²) >= 11 is 0. The first-order valence-corrected chi connectivity index (χ1v) is 10.9. The number of nitrogens with zero attached hydrogens (tertiary/aromatic N) is 1. The van der Waals surface area contributed by atoms with Crippen LogP contribution in [-0.2, 0) is 10.8 Å². The first-order valence-electron chi connectivity index (χ1n) is 10.9. The fourth-order valence-corrected chi connectivity index (χ4v) is 5.65. The van der Waals surface area contributed by atoms with E-state index >= 15 is 0 Å². The molecule has 0 bridgehead atoms. The van der Waals surface area contributed by atoms with Crippen molar-refractivity contribution in [3.63, 3.8) is 0 Å². The molecular formula is C25H27B2NO4. The molecular weight excluding hydrogens is 400 g/mol. The maximum absolute atomic E-state index is 10.0. The molecule has 0 saturated carbocycles. The lowest BCUT2D eigenvalue weighted by molar-refractivity contribution is 0.420. The van der Waals surface area contributed by atoms with Crippen LogP contribution in [0.3, 0.4) is 0 Å². The van der Waals surface area contributed by atoms with Crippen LogP contribution >= 0.6 is 0 Å². The molecule has 0 amide bonds. The molecule has 4 N–H and O–H groups in total. The van der Waals surface area contributed by atoms with Gasteiger partial charge in [-0.3, -0.25) is 0 Å². The molecule has 7 heteroatoms. The Labute approximate surface area is 188 Å². The molecule has 0 saturated heterocycles. The largest absolute Gasteiger partial charge is 0.488 e. The molecule has 1 aromatic heterocycles. The molecule has 2 aromatic carbocycles. The van der Waals surface area contributed by atoms with Gasteiger partial charge in [0.05, 0.1) is 16.9 Å². The van der Waals surface area contributed by atoms with E-state index in [0.29, 0.717) is 5.46 Å². The summed E-state index contributed by atoms with van der Waals surface area (Å²) in [4.78, 5) is 0. The monoisotopic (exact) mass is 427 g/mol. The van der Waals surface area contributed by atoms with Crippen LogP contribution in [0.2, 0.25) is 0 Å². The van der Waals surface area contributed by atoms with Crippen molar-refractivity contribution in [1.82, 2.24) is 4.57 Å². The highest BCUT2D eigenvalue weighted by molar-refractivity contribution is 6.59. The van der Waals surface area contributed by atoms with Gasteiger partial charge < -0.3 is 24.7 Å². The van der Waals surface area contributed by atoms with Crippen molar-refractivity contribution in [2.75, 3.05) is 0 Å². The van der Waals surface area contributed by atoms with E-state index in [1.165, 1.54) is 5.56 Å². The summed E-state index contributed by atoms with van der Waals surface area (Å²) in [5.74, 6) is 0. The van der Waals surface area contributed by atoms with Gasteiger partial charge in [0.1, 0.15) is 0 Å². The second-order valence-corrected chi connectivity index (χ2v) is 10.1. The molecule has 162 valence electrons. The van der Waals surface area contributed by atoms with Crippen molar-refractivity contribution in [1.29, 1.82) is 0 Å². The Morgan fingerprint density at radius 1 is 0.969 bits per heavy atom. The number of para-hydroxylation sites is 1. The van der Waals surface area contributed by atoms with Crippen molar-refractivity contribution in [3.8, 4) is 5.69 Å². The Bertz CT molecular complexity index is 1360. The fraction of sp³-hybridized carbons (Fsp3) is 0.280. The lowest BCUT2D eigenvalue weighted by atomic mass is 9.66. The number of aromatic nitrogens is 1. The number of benzene rings is 2. The van der Waals surface area contributed by atoms with Gasteiger partial charge in [0.15, 0.2) is 0 Å². The SMILES string of the molecule is C=C(C=C1c2c(C)c3cc(B(O)O)cc4c3n2-c2c(cccc2C4(C)C)C1(C)C)B(O)O. The second kappa shape index (κ2) is 6.49. The summed E-state index contributed by atoms with van der Waals surface area (Å²) in [5.41, 5.74) is 8.50. The quantitative estimate of drug-likeness (QED) is 0.484. The van der Waals surface area contributed by atoms with Gasteiger partial charge in [-0.05, 0) is 45.7 Å². The van der Waals surface area contributed by atoms with Gasteiger partial charge in [0.2, 0.25) is 0 Å². The first kappa shape index (κ1) is 21.3. The molecule has 5 nitrogen and oxygen atoms in total. The third kappa shape index (κ3) is 2.51. The van der Waals surface area contributed by atoms with E-state index in [1.54, 1.807) is 6.08 Å². The Balaban J connectivity index is 2.04. The summed E-state index contributed by atoms with van der Waals surface area (Å²) < 4.78 is 2.28. The van der Waals surface area contributed by atoms with Gasteiger partial charge in [-0.1, -0.05) is 70.7 Å². The van der Waals surface area contributed by atoms with Gasteiger partial charge in [-0.15, -0.1) is 0 Å². The average molecular weight is 427 g/mol. The molecule has 0 atom stereocenters. The Hall–Kier alpha value is -2.57. The lowest BCUT2D eigenvalue weighted by Gasteiger charge is -2.43. The van der Waals surface area contributed by atoms with E-state index in [4.69, 9.17) is 0 Å². The number of hydrogen-bond acceptors (Lipinski definition) is 4. The zero-order valence-electron chi connectivity index (χ0n) is 19.1. The van der Waals surface area contributed by atoms with E-state index in [1.807, 2.05) is 19.1 Å². The van der Waals surface area contributed by atoms with Crippen LogP contribution in [0.15, 0.2) is 48.5 Å². The lowest BCUT2D eigenvalue weighted by Crippen LogP contribution is -2.37. The van der Waals surface area contributed by atoms with Crippen LogP contribution in [0.1, 0.15) is 55.6 Å². The summed E-state index contributed by atoms with van der Waals surface area (Å²) in [7, 11) is -3.20. The van der Waals surface area contributed by atoms with E-state index < -0.39 is 19.7 Å². The van der Waals surface area contributed by atoms with E-state index in [0.717, 1.165) is 44.5 Å². The Kier molecular flexibility index (Phi) is 4.31. The molecule has 2 aliphatic heterocycles. The van der Waals surface area contributed by atoms with E-state index in [-0.39, 0.29) is 10.9 Å². The van der Waals surface area contributed by atoms with Gasteiger partial charge in [0.25, 0.3) is 0 Å². The molecule has 3 aromatic rings. The number of aryl methyl sites for hydroxylation is 1. The van der Waals surface area contributed by atoms with Gasteiger partial charge in [0, 0.05) is 16.2 Å². The molecule has 2 aliphatic rings. The standard InChI is InChI=1S/C25H27B2NO4/c1-13(26(29)30)10-19-21-14(2)16-11-15(27(31)32)12-20-22(16)28(21)23-17(24(19,3)4)8-7-9-18(23)25(20,5)6/h7-12,29-32H,1H2,2-6H3. The van der Waals surface area contributed by atoms with Gasteiger partial charge in [-0.2, -0.15) is 0 Å². The van der Waals surface area contributed by atoms with Crippen molar-refractivity contribution in [2.24, 2.45) is 0 Å². The molecule has 3 heterocycles. The maximum Gasteiger partial charge on any atom is 0.488 e. The summed E-state index contributed by atoms with van der Waals surface area (Å²) in [6, 6.07) is 10.1. The van der Waals surface area contributed by atoms with Crippen molar-refractivity contribution < 1.29 is 20.1 Å². The highest BCUT2D eigenvalue weighted by Gasteiger charge is 2.45. The molecule has 0 radical (unpaired) electrons. The number of allylic oxidation sites excluding steroid dienone is 3. The summed E-state index contributed by atoms with van der Waals surface area (Å²) in [5, 5.41) is 40.5. The number of rotatable bonds is 3. The van der Waals surface area contributed by atoms with Crippen LogP contribution in [0.5, 0.6) is 0 Å².